The molecule has 0 fully saturated rings. The summed E-state index contributed by atoms with van der Waals surface area (Å²) in [6.07, 6.45) is 6.49. The second kappa shape index (κ2) is 5.94. The molecule has 2 unspecified atom stereocenters. The maximum atomic E-state index is 10.6. The molecule has 2 atom stereocenters. The Morgan fingerprint density at radius 3 is 2.94 bits per heavy atom. The van der Waals surface area contributed by atoms with Gasteiger partial charge in [0, 0.05) is 12.7 Å². The molecule has 1 rings (SSSR count). The van der Waals surface area contributed by atoms with Gasteiger partial charge in [-0.05, 0) is 18.6 Å². The van der Waals surface area contributed by atoms with Crippen LogP contribution in [0, 0.1) is 0 Å². The topological polar surface area (TPSA) is 55.8 Å². The summed E-state index contributed by atoms with van der Waals surface area (Å²) in [5.41, 5.74) is 0.482. The monoisotopic (exact) mass is 226 g/mol. The highest BCUT2D eigenvalue weighted by Crippen LogP contribution is 2.24. The largest absolute Gasteiger partial charge is 0.371 e. The number of aldehydes is 1. The maximum Gasteiger partial charge on any atom is 0.216 e. The van der Waals surface area contributed by atoms with Crippen LogP contribution in [-0.4, -0.2) is 37.0 Å². The fourth-order valence-electron chi connectivity index (χ4n) is 1.49. The molecule has 4 nitrogen and oxygen atoms in total. The number of hydrogen-bond acceptors (Lipinski definition) is 4. The molecule has 0 aliphatic heterocycles. The Balaban J connectivity index is 2.69. The van der Waals surface area contributed by atoms with Crippen LogP contribution in [0.15, 0.2) is 23.8 Å². The number of hydrogen-bond donors (Lipinski definition) is 1. The van der Waals surface area contributed by atoms with E-state index in [1.54, 1.807) is 6.08 Å². The standard InChI is InChI=1S/C12H18O4/c1-3-4-7-16-12(14)6-5-10(9-13)8-11(12)15-2/h5-6,8-9,11,14H,3-4,7H2,1-2H3. The van der Waals surface area contributed by atoms with Gasteiger partial charge in [0.1, 0.15) is 12.4 Å². The summed E-state index contributed by atoms with van der Waals surface area (Å²) in [5.74, 6) is -1.46. The van der Waals surface area contributed by atoms with Crippen molar-refractivity contribution in [3.05, 3.63) is 23.8 Å². The van der Waals surface area contributed by atoms with Crippen molar-refractivity contribution in [1.82, 2.24) is 0 Å². The predicted octanol–water partition coefficient (Wildman–Crippen LogP) is 1.20. The number of aliphatic hydroxyl groups is 1. The molecular formula is C12H18O4. The molecule has 0 spiro atoms. The number of methoxy groups -OCH3 is 1. The Labute approximate surface area is 95.6 Å². The minimum absolute atomic E-state index is 0.460. The highest BCUT2D eigenvalue weighted by molar-refractivity contribution is 5.78. The average molecular weight is 226 g/mol. The highest BCUT2D eigenvalue weighted by Gasteiger charge is 2.36. The zero-order valence-electron chi connectivity index (χ0n) is 9.68. The Hall–Kier alpha value is -0.970. The summed E-state index contributed by atoms with van der Waals surface area (Å²) in [7, 11) is 1.47. The van der Waals surface area contributed by atoms with Crippen LogP contribution in [0.5, 0.6) is 0 Å². The van der Waals surface area contributed by atoms with Crippen molar-refractivity contribution in [3.63, 3.8) is 0 Å². The second-order valence-electron chi connectivity index (χ2n) is 3.73. The van der Waals surface area contributed by atoms with Gasteiger partial charge in [-0.25, -0.2) is 0 Å². The van der Waals surface area contributed by atoms with E-state index in [2.05, 4.69) is 0 Å². The Kier molecular flexibility index (Phi) is 4.86. The van der Waals surface area contributed by atoms with Crippen molar-refractivity contribution < 1.29 is 19.4 Å². The third kappa shape index (κ3) is 3.01. The SMILES string of the molecule is CCCCOC1(O)C=CC(C=O)=CC1OC. The molecule has 0 radical (unpaired) electrons. The van der Waals surface area contributed by atoms with Crippen LogP contribution in [0.1, 0.15) is 19.8 Å². The Bertz CT molecular complexity index is 295. The summed E-state index contributed by atoms with van der Waals surface area (Å²) in [6, 6.07) is 0. The van der Waals surface area contributed by atoms with Crippen molar-refractivity contribution >= 4 is 6.29 Å². The number of carbonyl (C=O) groups excluding carboxylic acids is 1. The number of ether oxygens (including phenoxy) is 2. The molecule has 0 saturated carbocycles. The van der Waals surface area contributed by atoms with Gasteiger partial charge in [0.05, 0.1) is 6.61 Å². The van der Waals surface area contributed by atoms with E-state index in [9.17, 15) is 9.90 Å². The van der Waals surface area contributed by atoms with Gasteiger partial charge in [0.25, 0.3) is 0 Å². The molecule has 1 N–H and O–H groups in total. The number of allylic oxidation sites excluding steroid dienone is 2. The molecule has 0 bridgehead atoms. The van der Waals surface area contributed by atoms with Crippen LogP contribution in [-0.2, 0) is 14.3 Å². The summed E-state index contributed by atoms with van der Waals surface area (Å²) >= 11 is 0. The quantitative estimate of drug-likeness (QED) is 0.420. The minimum atomic E-state index is -1.46. The first kappa shape index (κ1) is 13.1. The first-order chi connectivity index (χ1) is 7.66. The molecule has 1 aliphatic rings. The first-order valence-corrected chi connectivity index (χ1v) is 5.41. The molecule has 4 heteroatoms. The third-order valence-corrected chi connectivity index (χ3v) is 2.49. The first-order valence-electron chi connectivity index (χ1n) is 5.41. The van der Waals surface area contributed by atoms with Crippen molar-refractivity contribution in [2.24, 2.45) is 0 Å². The smallest absolute Gasteiger partial charge is 0.216 e. The molecule has 0 aromatic carbocycles. The van der Waals surface area contributed by atoms with Gasteiger partial charge in [-0.1, -0.05) is 19.4 Å². The molecule has 1 aliphatic carbocycles. The van der Waals surface area contributed by atoms with Gasteiger partial charge < -0.3 is 14.6 Å². The summed E-state index contributed by atoms with van der Waals surface area (Å²) in [6.45, 7) is 2.50. The lowest BCUT2D eigenvalue weighted by molar-refractivity contribution is -0.218. The van der Waals surface area contributed by atoms with Crippen molar-refractivity contribution in [2.45, 2.75) is 31.7 Å². The van der Waals surface area contributed by atoms with Crippen LogP contribution < -0.4 is 0 Å². The van der Waals surface area contributed by atoms with E-state index in [-0.39, 0.29) is 0 Å². The Morgan fingerprint density at radius 1 is 1.62 bits per heavy atom. The van der Waals surface area contributed by atoms with Gasteiger partial charge in [0.15, 0.2) is 0 Å². The average Bonchev–Trinajstić information content (AvgIpc) is 2.30. The number of rotatable bonds is 6. The van der Waals surface area contributed by atoms with E-state index in [1.165, 1.54) is 19.3 Å². The van der Waals surface area contributed by atoms with Crippen LogP contribution in [0.2, 0.25) is 0 Å². The molecular weight excluding hydrogens is 208 g/mol. The Morgan fingerprint density at radius 2 is 2.38 bits per heavy atom. The lowest BCUT2D eigenvalue weighted by atomic mass is 9.99. The molecule has 0 amide bonds. The van der Waals surface area contributed by atoms with Gasteiger partial charge in [0.2, 0.25) is 5.79 Å². The maximum absolute atomic E-state index is 10.6. The summed E-state index contributed by atoms with van der Waals surface area (Å²) in [4.78, 5) is 10.6. The van der Waals surface area contributed by atoms with E-state index in [4.69, 9.17) is 9.47 Å². The minimum Gasteiger partial charge on any atom is -0.371 e. The van der Waals surface area contributed by atoms with Crippen LogP contribution >= 0.6 is 0 Å². The summed E-state index contributed by atoms with van der Waals surface area (Å²) in [5, 5.41) is 10.2. The van der Waals surface area contributed by atoms with Crippen molar-refractivity contribution in [2.75, 3.05) is 13.7 Å². The van der Waals surface area contributed by atoms with Gasteiger partial charge in [-0.2, -0.15) is 0 Å². The van der Waals surface area contributed by atoms with Crippen LogP contribution in [0.25, 0.3) is 0 Å². The predicted molar refractivity (Wildman–Crippen MR) is 59.9 cm³/mol. The van der Waals surface area contributed by atoms with Crippen LogP contribution in [0.3, 0.4) is 0 Å². The van der Waals surface area contributed by atoms with E-state index < -0.39 is 11.9 Å². The zero-order valence-corrected chi connectivity index (χ0v) is 9.68. The molecule has 0 aromatic rings. The van der Waals surface area contributed by atoms with Crippen molar-refractivity contribution in [1.29, 1.82) is 0 Å². The number of unbranched alkanes of at least 4 members (excludes halogenated alkanes) is 1. The van der Waals surface area contributed by atoms with Crippen LogP contribution in [0.4, 0.5) is 0 Å². The number of carbonyl (C=O) groups is 1. The van der Waals surface area contributed by atoms with E-state index >= 15 is 0 Å². The fourth-order valence-corrected chi connectivity index (χ4v) is 1.49. The van der Waals surface area contributed by atoms with Gasteiger partial charge >= 0.3 is 0 Å². The van der Waals surface area contributed by atoms with E-state index in [1.807, 2.05) is 6.92 Å². The van der Waals surface area contributed by atoms with Crippen molar-refractivity contribution in [3.8, 4) is 0 Å². The zero-order chi connectivity index (χ0) is 12.0. The summed E-state index contributed by atoms with van der Waals surface area (Å²) < 4.78 is 10.5. The molecule has 16 heavy (non-hydrogen) atoms. The fraction of sp³-hybridized carbons (Fsp3) is 0.583. The highest BCUT2D eigenvalue weighted by atomic mass is 16.6. The van der Waals surface area contributed by atoms with Gasteiger partial charge in [-0.3, -0.25) is 4.79 Å². The third-order valence-electron chi connectivity index (χ3n) is 2.49. The second-order valence-corrected chi connectivity index (χ2v) is 3.73. The lowest BCUT2D eigenvalue weighted by Gasteiger charge is -2.33. The van der Waals surface area contributed by atoms with E-state index in [0.29, 0.717) is 18.5 Å². The van der Waals surface area contributed by atoms with E-state index in [0.717, 1.165) is 12.8 Å². The molecule has 90 valence electrons. The molecule has 0 heterocycles. The normalized spacial score (nSPS) is 28.9. The molecule has 0 aromatic heterocycles. The lowest BCUT2D eigenvalue weighted by Crippen LogP contribution is -2.45. The molecule has 0 saturated heterocycles. The van der Waals surface area contributed by atoms with Gasteiger partial charge in [-0.15, -0.1) is 0 Å².